The molecule has 4 rings (SSSR count). The molecule has 3 unspecified atom stereocenters. The van der Waals surface area contributed by atoms with Crippen molar-refractivity contribution in [2.75, 3.05) is 30.4 Å². The molecular formula is C18H29N5. The Kier molecular flexibility index (Phi) is 3.34. The van der Waals surface area contributed by atoms with Gasteiger partial charge in [-0.3, -0.25) is 0 Å². The minimum Gasteiger partial charge on any atom is -0.353 e. The predicted octanol–water partition coefficient (Wildman–Crippen LogP) is 2.51. The molecule has 0 aromatic carbocycles. The second-order valence-corrected chi connectivity index (χ2v) is 8.44. The fourth-order valence-corrected chi connectivity index (χ4v) is 5.02. The van der Waals surface area contributed by atoms with Crippen LogP contribution >= 0.6 is 0 Å². The van der Waals surface area contributed by atoms with Crippen LogP contribution in [0.5, 0.6) is 0 Å². The molecule has 1 saturated heterocycles. The zero-order chi connectivity index (χ0) is 16.2. The van der Waals surface area contributed by atoms with Gasteiger partial charge in [-0.1, -0.05) is 20.8 Å². The topological polar surface area (TPSA) is 53.1 Å². The quantitative estimate of drug-likeness (QED) is 0.894. The Morgan fingerprint density at radius 2 is 2.04 bits per heavy atom. The summed E-state index contributed by atoms with van der Waals surface area (Å²) in [6.45, 7) is 9.41. The molecule has 3 fully saturated rings. The van der Waals surface area contributed by atoms with E-state index in [1.165, 1.54) is 19.3 Å². The Bertz CT molecular complexity index is 595. The SMILES string of the molecule is CNC1CN(c2ccnc(NC3CC4CCC3(C)C4(C)C)n2)C1. The van der Waals surface area contributed by atoms with Crippen molar-refractivity contribution in [3.63, 3.8) is 0 Å². The lowest BCUT2D eigenvalue weighted by Gasteiger charge is -2.40. The molecule has 2 N–H and O–H groups in total. The van der Waals surface area contributed by atoms with Crippen molar-refractivity contribution in [3.8, 4) is 0 Å². The first-order valence-corrected chi connectivity index (χ1v) is 8.96. The van der Waals surface area contributed by atoms with Gasteiger partial charge in [0.05, 0.1) is 0 Å². The third kappa shape index (κ3) is 2.16. The molecule has 2 heterocycles. The number of nitrogens with zero attached hydrogens (tertiary/aromatic N) is 3. The van der Waals surface area contributed by atoms with Crippen LogP contribution in [0.4, 0.5) is 11.8 Å². The standard InChI is InChI=1S/C18H29N5/c1-17(2)12-5-7-18(17,3)14(9-12)21-16-20-8-6-15(22-16)23-10-13(11-23)19-4/h6,8,12-14,19H,5,7,9-11H2,1-4H3,(H,20,21,22). The van der Waals surface area contributed by atoms with Crippen LogP contribution in [-0.2, 0) is 0 Å². The predicted molar refractivity (Wildman–Crippen MR) is 93.7 cm³/mol. The second-order valence-electron chi connectivity index (χ2n) is 8.44. The van der Waals surface area contributed by atoms with Gasteiger partial charge >= 0.3 is 0 Å². The van der Waals surface area contributed by atoms with E-state index < -0.39 is 0 Å². The van der Waals surface area contributed by atoms with Crippen LogP contribution in [-0.4, -0.2) is 42.2 Å². The summed E-state index contributed by atoms with van der Waals surface area (Å²) in [6, 6.07) is 3.10. The first kappa shape index (κ1) is 15.2. The lowest BCUT2D eigenvalue weighted by molar-refractivity contribution is 0.142. The monoisotopic (exact) mass is 315 g/mol. The highest BCUT2D eigenvalue weighted by molar-refractivity contribution is 5.46. The molecule has 5 nitrogen and oxygen atoms in total. The summed E-state index contributed by atoms with van der Waals surface area (Å²) in [7, 11) is 2.02. The Morgan fingerprint density at radius 1 is 1.26 bits per heavy atom. The third-order valence-corrected chi connectivity index (χ3v) is 7.35. The van der Waals surface area contributed by atoms with Gasteiger partial charge in [0.1, 0.15) is 5.82 Å². The van der Waals surface area contributed by atoms with E-state index in [1.54, 1.807) is 0 Å². The Balaban J connectivity index is 1.48. The van der Waals surface area contributed by atoms with Crippen molar-refractivity contribution in [2.45, 2.75) is 52.1 Å². The van der Waals surface area contributed by atoms with E-state index in [0.717, 1.165) is 30.8 Å². The number of likely N-dealkylation sites (N-methyl/N-ethyl adjacent to an activating group) is 1. The summed E-state index contributed by atoms with van der Waals surface area (Å²) in [5.41, 5.74) is 0.769. The van der Waals surface area contributed by atoms with Gasteiger partial charge in [-0.05, 0) is 49.1 Å². The van der Waals surface area contributed by atoms with Gasteiger partial charge in [-0.25, -0.2) is 4.98 Å². The highest BCUT2D eigenvalue weighted by Crippen LogP contribution is 2.65. The Labute approximate surface area is 139 Å². The number of hydrogen-bond acceptors (Lipinski definition) is 5. The maximum absolute atomic E-state index is 4.77. The highest BCUT2D eigenvalue weighted by atomic mass is 15.3. The average Bonchev–Trinajstić information content (AvgIpc) is 2.80. The Hall–Kier alpha value is -1.36. The number of fused-ring (bicyclic) bond motifs is 2. The van der Waals surface area contributed by atoms with Crippen LogP contribution in [0.15, 0.2) is 12.3 Å². The van der Waals surface area contributed by atoms with Crippen LogP contribution in [0, 0.1) is 16.7 Å². The van der Waals surface area contributed by atoms with Gasteiger partial charge in [0.25, 0.3) is 0 Å². The fourth-order valence-electron chi connectivity index (χ4n) is 5.02. The zero-order valence-corrected chi connectivity index (χ0v) is 14.8. The van der Waals surface area contributed by atoms with Crippen LogP contribution in [0.1, 0.15) is 40.0 Å². The number of rotatable bonds is 4. The van der Waals surface area contributed by atoms with Gasteiger partial charge in [-0.15, -0.1) is 0 Å². The third-order valence-electron chi connectivity index (χ3n) is 7.35. The van der Waals surface area contributed by atoms with Crippen molar-refractivity contribution in [1.82, 2.24) is 15.3 Å². The summed E-state index contributed by atoms with van der Waals surface area (Å²) in [6.07, 6.45) is 5.83. The molecule has 126 valence electrons. The Morgan fingerprint density at radius 3 is 2.65 bits per heavy atom. The molecular weight excluding hydrogens is 286 g/mol. The molecule has 0 spiro atoms. The number of anilines is 2. The first-order valence-electron chi connectivity index (χ1n) is 8.96. The summed E-state index contributed by atoms with van der Waals surface area (Å²) in [5, 5.41) is 6.98. The van der Waals surface area contributed by atoms with Crippen LogP contribution in [0.25, 0.3) is 0 Å². The van der Waals surface area contributed by atoms with Crippen molar-refractivity contribution in [3.05, 3.63) is 12.3 Å². The summed E-state index contributed by atoms with van der Waals surface area (Å²) in [4.78, 5) is 11.6. The van der Waals surface area contributed by atoms with Gasteiger partial charge in [-0.2, -0.15) is 4.98 Å². The molecule has 2 aliphatic carbocycles. The average molecular weight is 315 g/mol. The van der Waals surface area contributed by atoms with Crippen molar-refractivity contribution < 1.29 is 0 Å². The van der Waals surface area contributed by atoms with E-state index in [9.17, 15) is 0 Å². The van der Waals surface area contributed by atoms with Gasteiger partial charge in [0.2, 0.25) is 5.95 Å². The molecule has 0 radical (unpaired) electrons. The van der Waals surface area contributed by atoms with Crippen molar-refractivity contribution >= 4 is 11.8 Å². The highest BCUT2D eigenvalue weighted by Gasteiger charge is 2.61. The van der Waals surface area contributed by atoms with Crippen molar-refractivity contribution in [1.29, 1.82) is 0 Å². The van der Waals surface area contributed by atoms with E-state index >= 15 is 0 Å². The molecule has 3 atom stereocenters. The number of nitrogens with one attached hydrogen (secondary N) is 2. The lowest BCUT2D eigenvalue weighted by Crippen LogP contribution is -2.57. The normalized spacial score (nSPS) is 35.4. The molecule has 1 aliphatic heterocycles. The van der Waals surface area contributed by atoms with Crippen LogP contribution in [0.3, 0.4) is 0 Å². The zero-order valence-electron chi connectivity index (χ0n) is 14.8. The van der Waals surface area contributed by atoms with Gasteiger partial charge in [0.15, 0.2) is 0 Å². The molecule has 1 aromatic heterocycles. The van der Waals surface area contributed by atoms with Crippen LogP contribution < -0.4 is 15.5 Å². The lowest BCUT2D eigenvalue weighted by atomic mass is 9.69. The maximum Gasteiger partial charge on any atom is 0.224 e. The minimum atomic E-state index is 0.352. The summed E-state index contributed by atoms with van der Waals surface area (Å²) in [5.74, 6) is 2.67. The second kappa shape index (κ2) is 5.07. The largest absolute Gasteiger partial charge is 0.353 e. The fraction of sp³-hybridized carbons (Fsp3) is 0.778. The molecule has 2 saturated carbocycles. The van der Waals surface area contributed by atoms with Crippen LogP contribution in [0.2, 0.25) is 0 Å². The molecule has 23 heavy (non-hydrogen) atoms. The molecule has 5 heteroatoms. The number of hydrogen-bond donors (Lipinski definition) is 2. The first-order chi connectivity index (χ1) is 10.9. The number of aromatic nitrogens is 2. The van der Waals surface area contributed by atoms with E-state index in [4.69, 9.17) is 4.98 Å². The summed E-state index contributed by atoms with van der Waals surface area (Å²) >= 11 is 0. The summed E-state index contributed by atoms with van der Waals surface area (Å²) < 4.78 is 0. The van der Waals surface area contributed by atoms with E-state index in [1.807, 2.05) is 19.3 Å². The van der Waals surface area contributed by atoms with Gasteiger partial charge < -0.3 is 15.5 Å². The van der Waals surface area contributed by atoms with E-state index in [2.05, 4.69) is 41.3 Å². The maximum atomic E-state index is 4.77. The molecule has 3 aliphatic rings. The molecule has 2 bridgehead atoms. The minimum absolute atomic E-state index is 0.352. The molecule has 1 aromatic rings. The smallest absolute Gasteiger partial charge is 0.224 e. The van der Waals surface area contributed by atoms with Gasteiger partial charge in [0, 0.05) is 31.4 Å². The van der Waals surface area contributed by atoms with E-state index in [0.29, 0.717) is 22.9 Å². The molecule has 0 amide bonds. The van der Waals surface area contributed by atoms with E-state index in [-0.39, 0.29) is 0 Å². The van der Waals surface area contributed by atoms with Crippen molar-refractivity contribution in [2.24, 2.45) is 16.7 Å².